The first-order valence-electron chi connectivity index (χ1n) is 9.49. The number of benzene rings is 1. The SMILES string of the molecule is CN=C(NCCN(CC1CC1)C1CC1)N(C)Cc1ccccc1OC.I. The molecule has 0 bridgehead atoms. The number of nitrogens with one attached hydrogen (secondary N) is 1. The predicted octanol–water partition coefficient (Wildman–Crippen LogP) is 3.19. The van der Waals surface area contributed by atoms with Crippen molar-refractivity contribution in [2.24, 2.45) is 10.9 Å². The minimum atomic E-state index is 0. The Kier molecular flexibility index (Phi) is 8.47. The number of nitrogens with zero attached hydrogens (tertiary/aromatic N) is 3. The second kappa shape index (κ2) is 10.3. The molecule has 146 valence electrons. The smallest absolute Gasteiger partial charge is 0.193 e. The Morgan fingerprint density at radius 2 is 1.96 bits per heavy atom. The number of rotatable bonds is 9. The van der Waals surface area contributed by atoms with E-state index in [9.17, 15) is 0 Å². The van der Waals surface area contributed by atoms with E-state index >= 15 is 0 Å². The summed E-state index contributed by atoms with van der Waals surface area (Å²) in [7, 11) is 5.65. The summed E-state index contributed by atoms with van der Waals surface area (Å²) in [6.07, 6.45) is 5.63. The highest BCUT2D eigenvalue weighted by Gasteiger charge is 2.33. The van der Waals surface area contributed by atoms with Gasteiger partial charge in [-0.1, -0.05) is 18.2 Å². The van der Waals surface area contributed by atoms with Crippen LogP contribution in [0.25, 0.3) is 0 Å². The summed E-state index contributed by atoms with van der Waals surface area (Å²) in [5, 5.41) is 3.53. The Hall–Kier alpha value is -1.02. The fourth-order valence-electron chi connectivity index (χ4n) is 3.35. The molecule has 0 saturated heterocycles. The zero-order valence-electron chi connectivity index (χ0n) is 16.3. The highest BCUT2D eigenvalue weighted by molar-refractivity contribution is 14.0. The topological polar surface area (TPSA) is 40.1 Å². The number of guanidine groups is 1. The van der Waals surface area contributed by atoms with Crippen LogP contribution >= 0.6 is 24.0 Å². The molecule has 2 saturated carbocycles. The highest BCUT2D eigenvalue weighted by Crippen LogP contribution is 2.34. The fraction of sp³-hybridized carbons (Fsp3) is 0.650. The number of aliphatic imine (C=N–C) groups is 1. The van der Waals surface area contributed by atoms with Crippen LogP contribution in [0.5, 0.6) is 5.75 Å². The van der Waals surface area contributed by atoms with Crippen LogP contribution in [0.1, 0.15) is 31.2 Å². The third kappa shape index (κ3) is 6.30. The summed E-state index contributed by atoms with van der Waals surface area (Å²) in [4.78, 5) is 9.27. The molecule has 2 aliphatic rings. The third-order valence-corrected chi connectivity index (χ3v) is 5.11. The zero-order chi connectivity index (χ0) is 17.6. The van der Waals surface area contributed by atoms with Crippen molar-refractivity contribution < 1.29 is 4.74 Å². The van der Waals surface area contributed by atoms with E-state index in [1.54, 1.807) is 7.11 Å². The molecular formula is C20H33IN4O. The van der Waals surface area contributed by atoms with Crippen LogP contribution in [0.4, 0.5) is 0 Å². The van der Waals surface area contributed by atoms with Crippen molar-refractivity contribution in [2.75, 3.05) is 40.8 Å². The minimum absolute atomic E-state index is 0. The molecule has 2 fully saturated rings. The molecule has 0 radical (unpaired) electrons. The van der Waals surface area contributed by atoms with Gasteiger partial charge in [0, 0.05) is 51.9 Å². The van der Waals surface area contributed by atoms with Crippen LogP contribution in [0.2, 0.25) is 0 Å². The molecular weight excluding hydrogens is 439 g/mol. The van der Waals surface area contributed by atoms with Crippen LogP contribution < -0.4 is 10.1 Å². The van der Waals surface area contributed by atoms with Crippen molar-refractivity contribution >= 4 is 29.9 Å². The van der Waals surface area contributed by atoms with Crippen LogP contribution in [0, 0.1) is 5.92 Å². The molecule has 0 atom stereocenters. The molecule has 1 aromatic carbocycles. The average Bonchev–Trinajstić information content (AvgIpc) is 3.51. The van der Waals surface area contributed by atoms with Gasteiger partial charge in [0.2, 0.25) is 0 Å². The Balaban J connectivity index is 0.00000243. The Labute approximate surface area is 175 Å². The van der Waals surface area contributed by atoms with Crippen molar-refractivity contribution in [3.05, 3.63) is 29.8 Å². The van der Waals surface area contributed by atoms with Gasteiger partial charge in [0.15, 0.2) is 5.96 Å². The summed E-state index contributed by atoms with van der Waals surface area (Å²) < 4.78 is 5.45. The van der Waals surface area contributed by atoms with Crippen LogP contribution in [0.15, 0.2) is 29.3 Å². The van der Waals surface area contributed by atoms with Gasteiger partial charge in [0.05, 0.1) is 7.11 Å². The van der Waals surface area contributed by atoms with Gasteiger partial charge in [-0.15, -0.1) is 24.0 Å². The van der Waals surface area contributed by atoms with Crippen molar-refractivity contribution in [1.82, 2.24) is 15.1 Å². The number of halogens is 1. The van der Waals surface area contributed by atoms with Gasteiger partial charge in [-0.25, -0.2) is 0 Å². The molecule has 0 unspecified atom stereocenters. The first-order chi connectivity index (χ1) is 12.2. The quantitative estimate of drug-likeness (QED) is 0.341. The summed E-state index contributed by atoms with van der Waals surface area (Å²) >= 11 is 0. The number of hydrogen-bond donors (Lipinski definition) is 1. The van der Waals surface area contributed by atoms with Gasteiger partial charge < -0.3 is 15.0 Å². The first-order valence-corrected chi connectivity index (χ1v) is 9.49. The monoisotopic (exact) mass is 472 g/mol. The first kappa shape index (κ1) is 21.3. The largest absolute Gasteiger partial charge is 0.496 e. The van der Waals surface area contributed by atoms with Crippen molar-refractivity contribution in [2.45, 2.75) is 38.3 Å². The minimum Gasteiger partial charge on any atom is -0.496 e. The number of ether oxygens (including phenoxy) is 1. The lowest BCUT2D eigenvalue weighted by Crippen LogP contribution is -2.43. The van der Waals surface area contributed by atoms with E-state index in [-0.39, 0.29) is 24.0 Å². The van der Waals surface area contributed by atoms with Gasteiger partial charge in [0.1, 0.15) is 5.75 Å². The molecule has 26 heavy (non-hydrogen) atoms. The maximum atomic E-state index is 5.45. The van der Waals surface area contributed by atoms with Gasteiger partial charge in [-0.05, 0) is 37.7 Å². The lowest BCUT2D eigenvalue weighted by Gasteiger charge is -2.26. The number of methoxy groups -OCH3 is 1. The maximum absolute atomic E-state index is 5.45. The van der Waals surface area contributed by atoms with E-state index in [1.807, 2.05) is 25.2 Å². The van der Waals surface area contributed by atoms with Gasteiger partial charge >= 0.3 is 0 Å². The van der Waals surface area contributed by atoms with Gasteiger partial charge in [-0.3, -0.25) is 9.89 Å². The second-order valence-corrected chi connectivity index (χ2v) is 7.31. The van der Waals surface area contributed by atoms with E-state index in [2.05, 4.69) is 33.2 Å². The summed E-state index contributed by atoms with van der Waals surface area (Å²) in [5.41, 5.74) is 1.17. The Bertz CT molecular complexity index is 587. The zero-order valence-corrected chi connectivity index (χ0v) is 18.6. The molecule has 6 heteroatoms. The molecule has 3 rings (SSSR count). The van der Waals surface area contributed by atoms with Crippen LogP contribution in [-0.2, 0) is 6.54 Å². The molecule has 1 N–H and O–H groups in total. The fourth-order valence-corrected chi connectivity index (χ4v) is 3.35. The molecule has 0 heterocycles. The summed E-state index contributed by atoms with van der Waals surface area (Å²) in [6, 6.07) is 9.00. The normalized spacial score (nSPS) is 17.0. The third-order valence-electron chi connectivity index (χ3n) is 5.11. The lowest BCUT2D eigenvalue weighted by atomic mass is 10.2. The Morgan fingerprint density at radius 1 is 1.23 bits per heavy atom. The van der Waals surface area contributed by atoms with Crippen LogP contribution in [0.3, 0.4) is 0 Å². The van der Waals surface area contributed by atoms with Gasteiger partial charge in [-0.2, -0.15) is 0 Å². The summed E-state index contributed by atoms with van der Waals surface area (Å²) in [5.74, 6) is 2.83. The number of hydrogen-bond acceptors (Lipinski definition) is 3. The molecule has 2 aliphatic carbocycles. The maximum Gasteiger partial charge on any atom is 0.193 e. The van der Waals surface area contributed by atoms with Crippen molar-refractivity contribution in [3.8, 4) is 5.75 Å². The second-order valence-electron chi connectivity index (χ2n) is 7.31. The van der Waals surface area contributed by atoms with Crippen LogP contribution in [-0.4, -0.2) is 62.6 Å². The van der Waals surface area contributed by atoms with Crippen molar-refractivity contribution in [1.29, 1.82) is 0 Å². The molecule has 5 nitrogen and oxygen atoms in total. The van der Waals surface area contributed by atoms with Gasteiger partial charge in [0.25, 0.3) is 0 Å². The molecule has 0 spiro atoms. The van der Waals surface area contributed by atoms with E-state index < -0.39 is 0 Å². The molecule has 0 aromatic heterocycles. The van der Waals surface area contributed by atoms with E-state index in [0.717, 1.165) is 43.3 Å². The molecule has 0 aliphatic heterocycles. The molecule has 1 aromatic rings. The van der Waals surface area contributed by atoms with Crippen molar-refractivity contribution in [3.63, 3.8) is 0 Å². The summed E-state index contributed by atoms with van der Waals surface area (Å²) in [6.45, 7) is 4.13. The lowest BCUT2D eigenvalue weighted by molar-refractivity contribution is 0.255. The Morgan fingerprint density at radius 3 is 2.58 bits per heavy atom. The standard InChI is InChI=1S/C20H32N4O.HI/c1-21-20(23(2)15-17-6-4-5-7-19(17)25-3)22-12-13-24(18-10-11-18)14-16-8-9-16;/h4-7,16,18H,8-15H2,1-3H3,(H,21,22);1H. The average molecular weight is 472 g/mol. The highest BCUT2D eigenvalue weighted by atomic mass is 127. The van der Waals surface area contributed by atoms with E-state index in [1.165, 1.54) is 37.8 Å². The molecule has 0 amide bonds. The van der Waals surface area contributed by atoms with E-state index in [4.69, 9.17) is 4.74 Å². The van der Waals surface area contributed by atoms with E-state index in [0.29, 0.717) is 0 Å². The number of para-hydroxylation sites is 1. The predicted molar refractivity (Wildman–Crippen MR) is 119 cm³/mol.